The molecule has 0 aliphatic carbocycles. The summed E-state index contributed by atoms with van der Waals surface area (Å²) >= 11 is 0. The maximum Gasteiger partial charge on any atom is 0.253 e. The van der Waals surface area contributed by atoms with E-state index < -0.39 is 15.1 Å². The lowest BCUT2D eigenvalue weighted by atomic mass is 10.1. The molecule has 2 aromatic rings. The van der Waals surface area contributed by atoms with Crippen LogP contribution in [0.15, 0.2) is 54.6 Å². The summed E-state index contributed by atoms with van der Waals surface area (Å²) in [6.45, 7) is 0.537. The van der Waals surface area contributed by atoms with E-state index in [1.165, 1.54) is 6.07 Å². The molecular formula is C19H18N2O3S. The zero-order valence-electron chi connectivity index (χ0n) is 13.6. The highest BCUT2D eigenvalue weighted by Crippen LogP contribution is 2.29. The zero-order valence-corrected chi connectivity index (χ0v) is 14.4. The first-order chi connectivity index (χ1) is 12.0. The molecule has 25 heavy (non-hydrogen) atoms. The second kappa shape index (κ2) is 7.08. The smallest absolute Gasteiger partial charge is 0.253 e. The number of hydrogen-bond donors (Lipinski definition) is 0. The van der Waals surface area contributed by atoms with Gasteiger partial charge in [0.1, 0.15) is 0 Å². The van der Waals surface area contributed by atoms with Crippen LogP contribution in [0.4, 0.5) is 0 Å². The number of hydrogen-bond acceptors (Lipinski definition) is 4. The van der Waals surface area contributed by atoms with Crippen molar-refractivity contribution in [2.75, 3.05) is 18.8 Å². The second-order valence-electron chi connectivity index (χ2n) is 6.04. The molecule has 6 heteroatoms. The fourth-order valence-electron chi connectivity index (χ4n) is 3.09. The molecule has 0 bridgehead atoms. The third-order valence-corrected chi connectivity index (χ3v) is 6.56. The van der Waals surface area contributed by atoms with Crippen molar-refractivity contribution < 1.29 is 13.2 Å². The molecule has 1 unspecified atom stereocenters. The normalized spacial score (nSPS) is 19.6. The lowest BCUT2D eigenvalue weighted by Gasteiger charge is -2.20. The number of benzene rings is 2. The minimum Gasteiger partial charge on any atom is -0.338 e. The van der Waals surface area contributed by atoms with Crippen molar-refractivity contribution in [3.63, 3.8) is 0 Å². The summed E-state index contributed by atoms with van der Waals surface area (Å²) in [4.78, 5) is 14.3. The molecule has 1 fully saturated rings. The summed E-state index contributed by atoms with van der Waals surface area (Å²) < 4.78 is 25.3. The van der Waals surface area contributed by atoms with Gasteiger partial charge in [0.2, 0.25) is 0 Å². The van der Waals surface area contributed by atoms with Gasteiger partial charge >= 0.3 is 0 Å². The minimum absolute atomic E-state index is 0.0593. The molecule has 1 aliphatic rings. The SMILES string of the molecule is N#Cc1cccc(C(=O)N2CCC(c3ccccc3)S(=O)(=O)CC2)c1. The zero-order chi connectivity index (χ0) is 17.9. The Labute approximate surface area is 147 Å². The van der Waals surface area contributed by atoms with Crippen molar-refractivity contribution in [3.8, 4) is 6.07 Å². The van der Waals surface area contributed by atoms with Gasteiger partial charge in [0.15, 0.2) is 9.84 Å². The molecule has 1 amide bonds. The molecule has 1 saturated heterocycles. The Balaban J connectivity index is 1.83. The highest BCUT2D eigenvalue weighted by molar-refractivity contribution is 7.91. The molecule has 1 aliphatic heterocycles. The monoisotopic (exact) mass is 354 g/mol. The molecule has 0 N–H and O–H groups in total. The van der Waals surface area contributed by atoms with Crippen LogP contribution in [0.5, 0.6) is 0 Å². The van der Waals surface area contributed by atoms with E-state index in [1.54, 1.807) is 23.1 Å². The number of sulfone groups is 1. The highest BCUT2D eigenvalue weighted by atomic mass is 32.2. The van der Waals surface area contributed by atoms with E-state index >= 15 is 0 Å². The standard InChI is InChI=1S/C19H18N2O3S/c20-14-15-5-4-8-17(13-15)19(22)21-10-9-18(25(23,24)12-11-21)16-6-2-1-3-7-16/h1-8,13,18H,9-12H2. The number of carbonyl (C=O) groups is 1. The molecule has 0 radical (unpaired) electrons. The van der Waals surface area contributed by atoms with E-state index in [1.807, 2.05) is 36.4 Å². The maximum atomic E-state index is 12.7. The van der Waals surface area contributed by atoms with E-state index in [-0.39, 0.29) is 18.2 Å². The average Bonchev–Trinajstić information content (AvgIpc) is 2.80. The van der Waals surface area contributed by atoms with Gasteiger partial charge in [-0.1, -0.05) is 36.4 Å². The van der Waals surface area contributed by atoms with Crippen molar-refractivity contribution in [2.24, 2.45) is 0 Å². The molecule has 0 spiro atoms. The lowest BCUT2D eigenvalue weighted by molar-refractivity contribution is 0.0766. The fraction of sp³-hybridized carbons (Fsp3) is 0.263. The van der Waals surface area contributed by atoms with Crippen molar-refractivity contribution in [2.45, 2.75) is 11.7 Å². The van der Waals surface area contributed by atoms with E-state index in [2.05, 4.69) is 0 Å². The first kappa shape index (κ1) is 17.2. The first-order valence-electron chi connectivity index (χ1n) is 8.07. The molecular weight excluding hydrogens is 336 g/mol. The third kappa shape index (κ3) is 3.72. The van der Waals surface area contributed by atoms with E-state index in [9.17, 15) is 13.2 Å². The maximum absolute atomic E-state index is 12.7. The molecule has 128 valence electrons. The Hall–Kier alpha value is -2.65. The molecule has 5 nitrogen and oxygen atoms in total. The molecule has 1 atom stereocenters. The van der Waals surface area contributed by atoms with Gasteiger partial charge in [-0.15, -0.1) is 0 Å². The van der Waals surface area contributed by atoms with Crippen LogP contribution < -0.4 is 0 Å². The number of carbonyl (C=O) groups excluding carboxylic acids is 1. The van der Waals surface area contributed by atoms with Gasteiger partial charge in [0, 0.05) is 18.7 Å². The first-order valence-corrected chi connectivity index (χ1v) is 9.79. The van der Waals surface area contributed by atoms with Gasteiger partial charge in [-0.05, 0) is 30.2 Å². The Bertz CT molecular complexity index is 917. The van der Waals surface area contributed by atoms with Crippen LogP contribution in [0.1, 0.15) is 33.2 Å². The average molecular weight is 354 g/mol. The van der Waals surface area contributed by atoms with Gasteiger partial charge < -0.3 is 4.90 Å². The minimum atomic E-state index is -3.32. The topological polar surface area (TPSA) is 78.2 Å². The predicted molar refractivity (Wildman–Crippen MR) is 94.6 cm³/mol. The van der Waals surface area contributed by atoms with Gasteiger partial charge in [-0.2, -0.15) is 5.26 Å². The van der Waals surface area contributed by atoms with Gasteiger partial charge in [0.25, 0.3) is 5.91 Å². The van der Waals surface area contributed by atoms with Crippen LogP contribution in [-0.4, -0.2) is 38.1 Å². The Morgan fingerprint density at radius 3 is 2.56 bits per heavy atom. The summed E-state index contributed by atoms with van der Waals surface area (Å²) in [6.07, 6.45) is 0.371. The van der Waals surface area contributed by atoms with E-state index in [0.717, 1.165) is 5.56 Å². The summed E-state index contributed by atoms with van der Waals surface area (Å²) in [5, 5.41) is 8.39. The van der Waals surface area contributed by atoms with Gasteiger partial charge in [-0.25, -0.2) is 8.42 Å². The van der Waals surface area contributed by atoms with Crippen molar-refractivity contribution in [1.29, 1.82) is 5.26 Å². The summed E-state index contributed by atoms with van der Waals surface area (Å²) in [7, 11) is -3.32. The number of nitriles is 1. The van der Waals surface area contributed by atoms with E-state index in [4.69, 9.17) is 5.26 Å². The number of amides is 1. The molecule has 0 saturated carbocycles. The van der Waals surface area contributed by atoms with Gasteiger partial charge in [-0.3, -0.25) is 4.79 Å². The summed E-state index contributed by atoms with van der Waals surface area (Å²) in [5.41, 5.74) is 1.59. The van der Waals surface area contributed by atoms with Crippen LogP contribution in [0.2, 0.25) is 0 Å². The lowest BCUT2D eigenvalue weighted by Crippen LogP contribution is -2.33. The van der Waals surface area contributed by atoms with Crippen LogP contribution in [-0.2, 0) is 9.84 Å². The molecule has 3 rings (SSSR count). The summed E-state index contributed by atoms with van der Waals surface area (Å²) in [5.74, 6) is -0.294. The third-order valence-electron chi connectivity index (χ3n) is 4.44. The molecule has 0 aromatic heterocycles. The highest BCUT2D eigenvalue weighted by Gasteiger charge is 2.32. The van der Waals surface area contributed by atoms with E-state index in [0.29, 0.717) is 24.1 Å². The Morgan fingerprint density at radius 2 is 1.84 bits per heavy atom. The van der Waals surface area contributed by atoms with Crippen LogP contribution in [0, 0.1) is 11.3 Å². The fourth-order valence-corrected chi connectivity index (χ4v) is 4.89. The quantitative estimate of drug-likeness (QED) is 0.830. The van der Waals surface area contributed by atoms with Crippen molar-refractivity contribution in [1.82, 2.24) is 4.90 Å². The van der Waals surface area contributed by atoms with Crippen LogP contribution >= 0.6 is 0 Å². The predicted octanol–water partition coefficient (Wildman–Crippen LogP) is 2.56. The molecule has 2 aromatic carbocycles. The van der Waals surface area contributed by atoms with Gasteiger partial charge in [0.05, 0.1) is 22.6 Å². The molecule has 1 heterocycles. The van der Waals surface area contributed by atoms with Crippen molar-refractivity contribution in [3.05, 3.63) is 71.3 Å². The summed E-state index contributed by atoms with van der Waals surface area (Å²) in [6, 6.07) is 17.6. The van der Waals surface area contributed by atoms with Crippen molar-refractivity contribution >= 4 is 15.7 Å². The number of nitrogens with zero attached hydrogens (tertiary/aromatic N) is 2. The second-order valence-corrected chi connectivity index (χ2v) is 8.34. The van der Waals surface area contributed by atoms with Crippen LogP contribution in [0.3, 0.4) is 0 Å². The largest absolute Gasteiger partial charge is 0.338 e. The Morgan fingerprint density at radius 1 is 1.08 bits per heavy atom. The number of rotatable bonds is 2. The Kier molecular flexibility index (Phi) is 4.86. The van der Waals surface area contributed by atoms with Crippen LogP contribution in [0.25, 0.3) is 0 Å².